The van der Waals surface area contributed by atoms with Crippen LogP contribution in [-0.2, 0) is 16.1 Å². The Hall–Kier alpha value is -1.43. The molecule has 0 aliphatic rings. The highest BCUT2D eigenvalue weighted by molar-refractivity contribution is 7.80. The van der Waals surface area contributed by atoms with Crippen LogP contribution < -0.4 is 10.6 Å². The Morgan fingerprint density at radius 3 is 2.81 bits per heavy atom. The summed E-state index contributed by atoms with van der Waals surface area (Å²) in [5.41, 5.74) is 0.870. The van der Waals surface area contributed by atoms with Crippen LogP contribution in [0.4, 0.5) is 0 Å². The molecule has 0 fully saturated rings. The lowest BCUT2D eigenvalue weighted by Crippen LogP contribution is -2.47. The van der Waals surface area contributed by atoms with Crippen molar-refractivity contribution in [3.8, 4) is 0 Å². The summed E-state index contributed by atoms with van der Waals surface area (Å²) in [5, 5.41) is 5.19. The van der Waals surface area contributed by atoms with Crippen LogP contribution in [0.1, 0.15) is 12.5 Å². The minimum atomic E-state index is -0.604. The van der Waals surface area contributed by atoms with Crippen molar-refractivity contribution in [3.05, 3.63) is 24.2 Å². The van der Waals surface area contributed by atoms with Crippen LogP contribution in [0.2, 0.25) is 0 Å². The molecule has 1 aromatic heterocycles. The molecule has 5 nitrogen and oxygen atoms in total. The van der Waals surface area contributed by atoms with E-state index in [1.807, 2.05) is 0 Å². The number of hydrogen-bond acceptors (Lipinski definition) is 4. The zero-order chi connectivity index (χ0) is 12.0. The van der Waals surface area contributed by atoms with E-state index in [0.29, 0.717) is 6.54 Å². The normalized spacial score (nSPS) is 11.9. The second kappa shape index (κ2) is 6.22. The third kappa shape index (κ3) is 3.98. The third-order valence-corrected chi connectivity index (χ3v) is 2.29. The summed E-state index contributed by atoms with van der Waals surface area (Å²) in [6.07, 6.45) is 3.08. The minimum Gasteiger partial charge on any atom is -0.472 e. The minimum absolute atomic E-state index is 0.252. The van der Waals surface area contributed by atoms with Gasteiger partial charge in [0.2, 0.25) is 11.8 Å². The number of nitrogens with one attached hydrogen (secondary N) is 2. The predicted molar refractivity (Wildman–Crippen MR) is 62.0 cm³/mol. The van der Waals surface area contributed by atoms with Gasteiger partial charge in [-0.05, 0) is 6.07 Å². The van der Waals surface area contributed by atoms with E-state index in [0.717, 1.165) is 5.56 Å². The fraction of sp³-hybridized carbons (Fsp3) is 0.400. The van der Waals surface area contributed by atoms with Gasteiger partial charge in [0.15, 0.2) is 0 Å². The molecule has 1 rings (SSSR count). The molecule has 0 aliphatic heterocycles. The van der Waals surface area contributed by atoms with Gasteiger partial charge in [-0.15, -0.1) is 0 Å². The number of amides is 2. The van der Waals surface area contributed by atoms with Crippen LogP contribution in [0.25, 0.3) is 0 Å². The molecular formula is C10H14N2O3S. The molecule has 16 heavy (non-hydrogen) atoms. The standard InChI is InChI=1S/C10H14N2O3S/c1-7(13)12-9(6-16)10(14)11-4-8-2-3-15-5-8/h2-3,5,9,16H,4,6H2,1H3,(H,11,14)(H,12,13). The fourth-order valence-electron chi connectivity index (χ4n) is 1.15. The van der Waals surface area contributed by atoms with E-state index in [1.165, 1.54) is 13.2 Å². The molecule has 6 heteroatoms. The monoisotopic (exact) mass is 242 g/mol. The Balaban J connectivity index is 2.40. The Kier molecular flexibility index (Phi) is 4.91. The zero-order valence-corrected chi connectivity index (χ0v) is 9.79. The maximum atomic E-state index is 11.6. The average Bonchev–Trinajstić information content (AvgIpc) is 2.75. The summed E-state index contributed by atoms with van der Waals surface area (Å²) in [6.45, 7) is 1.74. The molecule has 0 bridgehead atoms. The van der Waals surface area contributed by atoms with Crippen molar-refractivity contribution in [1.82, 2.24) is 10.6 Å². The Morgan fingerprint density at radius 2 is 2.31 bits per heavy atom. The maximum Gasteiger partial charge on any atom is 0.243 e. The molecule has 2 N–H and O–H groups in total. The second-order valence-electron chi connectivity index (χ2n) is 3.29. The van der Waals surface area contributed by atoms with Crippen LogP contribution in [0.5, 0.6) is 0 Å². The van der Waals surface area contributed by atoms with Crippen molar-refractivity contribution < 1.29 is 14.0 Å². The summed E-state index contributed by atoms with van der Waals surface area (Å²) in [5.74, 6) is -0.250. The summed E-state index contributed by atoms with van der Waals surface area (Å²) in [6, 6.07) is 1.15. The molecule has 1 unspecified atom stereocenters. The van der Waals surface area contributed by atoms with Gasteiger partial charge in [0.25, 0.3) is 0 Å². The third-order valence-electron chi connectivity index (χ3n) is 1.92. The van der Waals surface area contributed by atoms with Gasteiger partial charge in [-0.2, -0.15) is 12.6 Å². The highest BCUT2D eigenvalue weighted by atomic mass is 32.1. The Morgan fingerprint density at radius 1 is 1.56 bits per heavy atom. The number of rotatable bonds is 5. The topological polar surface area (TPSA) is 71.3 Å². The summed E-state index contributed by atoms with van der Waals surface area (Å²) in [4.78, 5) is 22.4. The molecule has 1 aromatic rings. The number of thiol groups is 1. The summed E-state index contributed by atoms with van der Waals surface area (Å²) < 4.78 is 4.86. The van der Waals surface area contributed by atoms with Crippen molar-refractivity contribution in [2.75, 3.05) is 5.75 Å². The molecule has 0 aliphatic carbocycles. The van der Waals surface area contributed by atoms with Crippen LogP contribution in [0.3, 0.4) is 0 Å². The van der Waals surface area contributed by atoms with Crippen molar-refractivity contribution >= 4 is 24.4 Å². The number of furan rings is 1. The largest absolute Gasteiger partial charge is 0.472 e. The summed E-state index contributed by atoms with van der Waals surface area (Å²) >= 11 is 4.00. The molecule has 0 saturated heterocycles. The Labute approximate surface area is 99.0 Å². The van der Waals surface area contributed by atoms with Crippen molar-refractivity contribution in [3.63, 3.8) is 0 Å². The SMILES string of the molecule is CC(=O)NC(CS)C(=O)NCc1ccoc1. The first-order chi connectivity index (χ1) is 7.63. The van der Waals surface area contributed by atoms with Crippen LogP contribution in [0.15, 0.2) is 23.0 Å². The van der Waals surface area contributed by atoms with E-state index in [1.54, 1.807) is 12.3 Å². The first-order valence-corrected chi connectivity index (χ1v) is 5.43. The van der Waals surface area contributed by atoms with E-state index < -0.39 is 6.04 Å². The van der Waals surface area contributed by atoms with Gasteiger partial charge in [-0.3, -0.25) is 9.59 Å². The van der Waals surface area contributed by atoms with Crippen LogP contribution in [-0.4, -0.2) is 23.6 Å². The molecular weight excluding hydrogens is 228 g/mol. The van der Waals surface area contributed by atoms with E-state index in [-0.39, 0.29) is 17.6 Å². The highest BCUT2D eigenvalue weighted by Crippen LogP contribution is 1.99. The predicted octanol–water partition coefficient (Wildman–Crippen LogP) is 0.330. The molecule has 0 saturated carbocycles. The van der Waals surface area contributed by atoms with E-state index in [4.69, 9.17) is 4.42 Å². The van der Waals surface area contributed by atoms with Crippen LogP contribution >= 0.6 is 12.6 Å². The van der Waals surface area contributed by atoms with Crippen LogP contribution in [0, 0.1) is 0 Å². The quantitative estimate of drug-likeness (QED) is 0.652. The zero-order valence-electron chi connectivity index (χ0n) is 8.90. The van der Waals surface area contributed by atoms with Gasteiger partial charge >= 0.3 is 0 Å². The Bertz CT molecular complexity index is 351. The molecule has 0 aromatic carbocycles. The van der Waals surface area contributed by atoms with Gasteiger partial charge in [-0.25, -0.2) is 0 Å². The number of carbonyl (C=O) groups is 2. The average molecular weight is 242 g/mol. The van der Waals surface area contributed by atoms with E-state index >= 15 is 0 Å². The first-order valence-electron chi connectivity index (χ1n) is 4.80. The van der Waals surface area contributed by atoms with Gasteiger partial charge in [-0.1, -0.05) is 0 Å². The lowest BCUT2D eigenvalue weighted by molar-refractivity contribution is -0.127. The number of hydrogen-bond donors (Lipinski definition) is 3. The van der Waals surface area contributed by atoms with Gasteiger partial charge < -0.3 is 15.1 Å². The molecule has 0 spiro atoms. The molecule has 1 atom stereocenters. The van der Waals surface area contributed by atoms with Gasteiger partial charge in [0.05, 0.1) is 12.5 Å². The molecule has 1 heterocycles. The second-order valence-corrected chi connectivity index (χ2v) is 3.65. The highest BCUT2D eigenvalue weighted by Gasteiger charge is 2.16. The van der Waals surface area contributed by atoms with E-state index in [2.05, 4.69) is 23.3 Å². The summed E-state index contributed by atoms with van der Waals surface area (Å²) in [7, 11) is 0. The maximum absolute atomic E-state index is 11.6. The van der Waals surface area contributed by atoms with Gasteiger partial charge in [0, 0.05) is 24.8 Å². The lowest BCUT2D eigenvalue weighted by Gasteiger charge is -2.14. The molecule has 0 radical (unpaired) electrons. The number of carbonyl (C=O) groups excluding carboxylic acids is 2. The van der Waals surface area contributed by atoms with Crippen molar-refractivity contribution in [1.29, 1.82) is 0 Å². The fourth-order valence-corrected chi connectivity index (χ4v) is 1.40. The van der Waals surface area contributed by atoms with E-state index in [9.17, 15) is 9.59 Å². The lowest BCUT2D eigenvalue weighted by atomic mass is 10.3. The van der Waals surface area contributed by atoms with Crippen molar-refractivity contribution in [2.45, 2.75) is 19.5 Å². The van der Waals surface area contributed by atoms with Gasteiger partial charge in [0.1, 0.15) is 6.04 Å². The first kappa shape index (κ1) is 12.6. The van der Waals surface area contributed by atoms with Crippen molar-refractivity contribution in [2.24, 2.45) is 0 Å². The molecule has 2 amide bonds. The molecule has 88 valence electrons. The smallest absolute Gasteiger partial charge is 0.243 e.